The van der Waals surface area contributed by atoms with E-state index < -0.39 is 12.0 Å². The van der Waals surface area contributed by atoms with Gasteiger partial charge in [0.25, 0.3) is 6.43 Å². The van der Waals surface area contributed by atoms with Crippen molar-refractivity contribution >= 4 is 17.9 Å². The molecular weight excluding hydrogens is 214 g/mol. The highest BCUT2D eigenvalue weighted by atomic mass is 35.5. The Morgan fingerprint density at radius 2 is 2.29 bits per heavy atom. The Hall–Kier alpha value is -1.07. The van der Waals surface area contributed by atoms with Gasteiger partial charge < -0.3 is 5.73 Å². The first-order chi connectivity index (χ1) is 6.61. The number of nitrogens with zero attached hydrogens (tertiary/aromatic N) is 1. The minimum absolute atomic E-state index is 0.0483. The second-order valence-electron chi connectivity index (χ2n) is 2.52. The number of aromatic nitrogens is 1. The molecule has 0 amide bonds. The fourth-order valence-electron chi connectivity index (χ4n) is 1.10. The maximum Gasteiger partial charge on any atom is 0.267 e. The number of aldehydes is 1. The molecule has 2 N–H and O–H groups in total. The standard InChI is InChI=1S/C8H7ClF2N2O/c9-7-6(8(10)11)5(1-12)4(3-14)2-13-7/h2-3,8H,1,12H2. The molecule has 0 unspecified atom stereocenters. The van der Waals surface area contributed by atoms with Crippen molar-refractivity contribution in [2.75, 3.05) is 0 Å². The van der Waals surface area contributed by atoms with Gasteiger partial charge in [-0.1, -0.05) is 11.6 Å². The summed E-state index contributed by atoms with van der Waals surface area (Å²) in [6, 6.07) is 0. The van der Waals surface area contributed by atoms with Crippen molar-refractivity contribution in [2.45, 2.75) is 13.0 Å². The van der Waals surface area contributed by atoms with E-state index in [0.29, 0.717) is 6.29 Å². The number of carbonyl (C=O) groups excluding carboxylic acids is 1. The summed E-state index contributed by atoms with van der Waals surface area (Å²) in [6.45, 7) is -0.171. The van der Waals surface area contributed by atoms with Gasteiger partial charge in [-0.15, -0.1) is 0 Å². The summed E-state index contributed by atoms with van der Waals surface area (Å²) < 4.78 is 25.0. The van der Waals surface area contributed by atoms with Crippen LogP contribution in [-0.4, -0.2) is 11.3 Å². The molecule has 76 valence electrons. The third-order valence-electron chi connectivity index (χ3n) is 1.76. The van der Waals surface area contributed by atoms with Gasteiger partial charge >= 0.3 is 0 Å². The van der Waals surface area contributed by atoms with Crippen LogP contribution in [0, 0.1) is 0 Å². The summed E-state index contributed by atoms with van der Waals surface area (Å²) in [6.07, 6.45) is -1.23. The molecule has 0 aliphatic heterocycles. The van der Waals surface area contributed by atoms with Crippen molar-refractivity contribution in [3.8, 4) is 0 Å². The average molecular weight is 221 g/mol. The first kappa shape index (κ1) is 11.0. The van der Waals surface area contributed by atoms with Gasteiger partial charge in [-0.05, 0) is 5.56 Å². The van der Waals surface area contributed by atoms with Crippen LogP contribution in [0.4, 0.5) is 8.78 Å². The maximum atomic E-state index is 12.5. The molecule has 0 spiro atoms. The van der Waals surface area contributed by atoms with E-state index in [1.165, 1.54) is 0 Å². The highest BCUT2D eigenvalue weighted by Gasteiger charge is 2.20. The van der Waals surface area contributed by atoms with Crippen LogP contribution in [0.2, 0.25) is 5.15 Å². The molecule has 0 aliphatic carbocycles. The third-order valence-corrected chi connectivity index (χ3v) is 2.06. The van der Waals surface area contributed by atoms with E-state index in [0.717, 1.165) is 6.20 Å². The zero-order chi connectivity index (χ0) is 10.7. The van der Waals surface area contributed by atoms with Gasteiger partial charge in [0.2, 0.25) is 0 Å². The summed E-state index contributed by atoms with van der Waals surface area (Å²) in [4.78, 5) is 14.0. The van der Waals surface area contributed by atoms with E-state index >= 15 is 0 Å². The Morgan fingerprint density at radius 3 is 2.71 bits per heavy atom. The SMILES string of the molecule is NCc1c(C=O)cnc(Cl)c1C(F)F. The summed E-state index contributed by atoms with van der Waals surface area (Å²) in [5.41, 5.74) is 4.89. The van der Waals surface area contributed by atoms with E-state index in [4.69, 9.17) is 17.3 Å². The van der Waals surface area contributed by atoms with Crippen LogP contribution in [0.5, 0.6) is 0 Å². The van der Waals surface area contributed by atoms with Crippen molar-refractivity contribution in [3.63, 3.8) is 0 Å². The van der Waals surface area contributed by atoms with Gasteiger partial charge in [0.05, 0.1) is 5.56 Å². The van der Waals surface area contributed by atoms with Crippen molar-refractivity contribution in [2.24, 2.45) is 5.73 Å². The molecule has 0 atom stereocenters. The number of alkyl halides is 2. The third kappa shape index (κ3) is 1.88. The van der Waals surface area contributed by atoms with Crippen LogP contribution in [0.15, 0.2) is 6.20 Å². The predicted molar refractivity (Wildman–Crippen MR) is 47.5 cm³/mol. The molecule has 0 fully saturated rings. The number of pyridine rings is 1. The van der Waals surface area contributed by atoms with Crippen molar-refractivity contribution in [3.05, 3.63) is 28.0 Å². The smallest absolute Gasteiger partial charge is 0.267 e. The van der Waals surface area contributed by atoms with Crippen LogP contribution in [0.1, 0.15) is 27.9 Å². The zero-order valence-corrected chi connectivity index (χ0v) is 7.76. The first-order valence-corrected chi connectivity index (χ1v) is 4.10. The molecule has 1 rings (SSSR count). The van der Waals surface area contributed by atoms with E-state index in [-0.39, 0.29) is 22.8 Å². The van der Waals surface area contributed by atoms with Gasteiger partial charge in [-0.25, -0.2) is 13.8 Å². The largest absolute Gasteiger partial charge is 0.326 e. The molecular formula is C8H7ClF2N2O. The van der Waals surface area contributed by atoms with Crippen LogP contribution in [0.3, 0.4) is 0 Å². The van der Waals surface area contributed by atoms with E-state index in [2.05, 4.69) is 4.98 Å². The highest BCUT2D eigenvalue weighted by molar-refractivity contribution is 6.30. The number of nitrogens with two attached hydrogens (primary N) is 1. The maximum absolute atomic E-state index is 12.5. The molecule has 0 bridgehead atoms. The Morgan fingerprint density at radius 1 is 1.64 bits per heavy atom. The fourth-order valence-corrected chi connectivity index (χ4v) is 1.35. The number of hydrogen-bond donors (Lipinski definition) is 1. The van der Waals surface area contributed by atoms with Gasteiger partial charge in [0, 0.05) is 18.3 Å². The lowest BCUT2D eigenvalue weighted by Crippen LogP contribution is -2.08. The topological polar surface area (TPSA) is 56.0 Å². The number of carbonyl (C=O) groups is 1. The van der Waals surface area contributed by atoms with Crippen molar-refractivity contribution < 1.29 is 13.6 Å². The lowest BCUT2D eigenvalue weighted by molar-refractivity contribution is 0.112. The van der Waals surface area contributed by atoms with Crippen LogP contribution >= 0.6 is 11.6 Å². The van der Waals surface area contributed by atoms with Crippen molar-refractivity contribution in [1.29, 1.82) is 0 Å². The molecule has 3 nitrogen and oxygen atoms in total. The molecule has 0 aromatic carbocycles. The second-order valence-corrected chi connectivity index (χ2v) is 2.88. The predicted octanol–water partition coefficient (Wildman–Crippen LogP) is 1.94. The second kappa shape index (κ2) is 4.43. The number of rotatable bonds is 3. The van der Waals surface area contributed by atoms with Crippen LogP contribution in [0.25, 0.3) is 0 Å². The number of hydrogen-bond acceptors (Lipinski definition) is 3. The van der Waals surface area contributed by atoms with Gasteiger partial charge in [0.1, 0.15) is 5.15 Å². The molecule has 1 heterocycles. The first-order valence-electron chi connectivity index (χ1n) is 3.72. The van der Waals surface area contributed by atoms with Gasteiger partial charge in [-0.3, -0.25) is 4.79 Å². The lowest BCUT2D eigenvalue weighted by atomic mass is 10.1. The summed E-state index contributed by atoms with van der Waals surface area (Å²) in [7, 11) is 0. The molecule has 0 aliphatic rings. The highest BCUT2D eigenvalue weighted by Crippen LogP contribution is 2.29. The Labute approximate surface area is 83.9 Å². The molecule has 1 aromatic rings. The summed E-state index contributed by atoms with van der Waals surface area (Å²) in [5, 5.41) is -0.314. The molecule has 1 aromatic heterocycles. The average Bonchev–Trinajstić information content (AvgIpc) is 2.16. The minimum Gasteiger partial charge on any atom is -0.326 e. The Kier molecular flexibility index (Phi) is 3.49. The minimum atomic E-state index is -2.78. The zero-order valence-electron chi connectivity index (χ0n) is 7.01. The quantitative estimate of drug-likeness (QED) is 0.626. The monoisotopic (exact) mass is 220 g/mol. The van der Waals surface area contributed by atoms with Gasteiger partial charge in [0.15, 0.2) is 6.29 Å². The fraction of sp³-hybridized carbons (Fsp3) is 0.250. The Balaban J connectivity index is 3.42. The van der Waals surface area contributed by atoms with Crippen molar-refractivity contribution in [1.82, 2.24) is 4.98 Å². The lowest BCUT2D eigenvalue weighted by Gasteiger charge is -2.09. The summed E-state index contributed by atoms with van der Waals surface area (Å²) >= 11 is 5.47. The molecule has 6 heteroatoms. The summed E-state index contributed by atoms with van der Waals surface area (Å²) in [5.74, 6) is 0. The van der Waals surface area contributed by atoms with Gasteiger partial charge in [-0.2, -0.15) is 0 Å². The molecule has 0 radical (unpaired) electrons. The van der Waals surface area contributed by atoms with Crippen LogP contribution < -0.4 is 5.73 Å². The Bertz CT molecular complexity index is 357. The molecule has 14 heavy (non-hydrogen) atoms. The molecule has 0 saturated carbocycles. The van der Waals surface area contributed by atoms with Crippen LogP contribution in [-0.2, 0) is 6.54 Å². The van der Waals surface area contributed by atoms with E-state index in [9.17, 15) is 13.6 Å². The molecule has 0 saturated heterocycles. The normalized spacial score (nSPS) is 10.6. The van der Waals surface area contributed by atoms with E-state index in [1.807, 2.05) is 0 Å². The van der Waals surface area contributed by atoms with E-state index in [1.54, 1.807) is 0 Å². The number of halogens is 3.